The van der Waals surface area contributed by atoms with Gasteiger partial charge in [-0.05, 0) is 74.4 Å². The first-order chi connectivity index (χ1) is 14.4. The number of carbonyl (C=O) groups excluding carboxylic acids is 1. The molecule has 1 atom stereocenters. The van der Waals surface area contributed by atoms with Crippen molar-refractivity contribution in [1.82, 2.24) is 9.88 Å². The van der Waals surface area contributed by atoms with E-state index < -0.39 is 5.60 Å². The van der Waals surface area contributed by atoms with Gasteiger partial charge < -0.3 is 10.0 Å². The van der Waals surface area contributed by atoms with Gasteiger partial charge >= 0.3 is 0 Å². The molecule has 2 fully saturated rings. The van der Waals surface area contributed by atoms with E-state index in [1.807, 2.05) is 11.8 Å². The standard InChI is InChI=1S/C25H31FN2O2/c1-18-14-20(15-19-7-9-21(26)10-8-19)16-22(27-18)23-6-5-13-28(23)24(29)17-25(30)11-3-2-4-12-25/h7-10,14,16,23,30H,2-6,11-13,15,17H2,1H3. The maximum absolute atomic E-state index is 13.2. The summed E-state index contributed by atoms with van der Waals surface area (Å²) in [5.74, 6) is -0.185. The Morgan fingerprint density at radius 2 is 1.87 bits per heavy atom. The SMILES string of the molecule is Cc1cc(Cc2ccc(F)cc2)cc(C2CCCN2C(=O)CC2(O)CCCCC2)n1. The minimum atomic E-state index is -0.837. The molecule has 160 valence electrons. The highest BCUT2D eigenvalue weighted by Crippen LogP contribution is 2.36. The third-order valence-corrected chi connectivity index (χ3v) is 6.53. The maximum Gasteiger partial charge on any atom is 0.226 e. The van der Waals surface area contributed by atoms with Crippen LogP contribution < -0.4 is 0 Å². The van der Waals surface area contributed by atoms with E-state index in [1.54, 1.807) is 12.1 Å². The Balaban J connectivity index is 1.51. The zero-order valence-electron chi connectivity index (χ0n) is 17.7. The number of pyridine rings is 1. The maximum atomic E-state index is 13.2. The zero-order valence-corrected chi connectivity index (χ0v) is 17.7. The number of aromatic nitrogens is 1. The van der Waals surface area contributed by atoms with Gasteiger partial charge in [0.1, 0.15) is 5.82 Å². The second kappa shape index (κ2) is 8.84. The number of nitrogens with zero attached hydrogens (tertiary/aromatic N) is 2. The Morgan fingerprint density at radius 1 is 1.13 bits per heavy atom. The topological polar surface area (TPSA) is 53.4 Å². The van der Waals surface area contributed by atoms with E-state index in [1.165, 1.54) is 12.1 Å². The van der Waals surface area contributed by atoms with Gasteiger partial charge in [-0.3, -0.25) is 9.78 Å². The Bertz CT molecular complexity index is 891. The van der Waals surface area contributed by atoms with E-state index in [-0.39, 0.29) is 24.2 Å². The van der Waals surface area contributed by atoms with Gasteiger partial charge in [-0.25, -0.2) is 4.39 Å². The number of benzene rings is 1. The Morgan fingerprint density at radius 3 is 2.60 bits per heavy atom. The van der Waals surface area contributed by atoms with Crippen LogP contribution in [0.4, 0.5) is 4.39 Å². The average Bonchev–Trinajstić information content (AvgIpc) is 3.20. The lowest BCUT2D eigenvalue weighted by molar-refractivity contribution is -0.138. The fourth-order valence-corrected chi connectivity index (χ4v) is 5.02. The van der Waals surface area contributed by atoms with Crippen molar-refractivity contribution in [2.75, 3.05) is 6.54 Å². The van der Waals surface area contributed by atoms with Crippen molar-refractivity contribution < 1.29 is 14.3 Å². The number of carbonyl (C=O) groups is 1. The molecule has 1 aromatic heterocycles. The van der Waals surface area contributed by atoms with E-state index in [2.05, 4.69) is 12.1 Å². The summed E-state index contributed by atoms with van der Waals surface area (Å²) < 4.78 is 13.2. The summed E-state index contributed by atoms with van der Waals surface area (Å²) in [6.07, 6.45) is 7.37. The largest absolute Gasteiger partial charge is 0.389 e. The molecule has 1 amide bonds. The average molecular weight is 411 g/mol. The van der Waals surface area contributed by atoms with E-state index in [4.69, 9.17) is 4.98 Å². The second-order valence-corrected chi connectivity index (χ2v) is 9.05. The number of amides is 1. The van der Waals surface area contributed by atoms with Gasteiger partial charge in [-0.15, -0.1) is 0 Å². The number of hydrogen-bond acceptors (Lipinski definition) is 3. The van der Waals surface area contributed by atoms with Crippen molar-refractivity contribution in [2.24, 2.45) is 0 Å². The van der Waals surface area contributed by atoms with E-state index >= 15 is 0 Å². The summed E-state index contributed by atoms with van der Waals surface area (Å²) in [6.45, 7) is 2.70. The third-order valence-electron chi connectivity index (χ3n) is 6.53. The summed E-state index contributed by atoms with van der Waals surface area (Å²) in [5, 5.41) is 10.8. The molecule has 0 spiro atoms. The number of rotatable bonds is 5. The molecule has 1 aromatic carbocycles. The van der Waals surface area contributed by atoms with E-state index in [0.717, 1.165) is 74.0 Å². The lowest BCUT2D eigenvalue weighted by Gasteiger charge is -2.34. The predicted molar refractivity (Wildman–Crippen MR) is 115 cm³/mol. The van der Waals surface area contributed by atoms with E-state index in [9.17, 15) is 14.3 Å². The smallest absolute Gasteiger partial charge is 0.226 e. The molecule has 1 aliphatic carbocycles. The van der Waals surface area contributed by atoms with Gasteiger partial charge in [0.15, 0.2) is 0 Å². The highest BCUT2D eigenvalue weighted by Gasteiger charge is 2.37. The minimum absolute atomic E-state index is 0.0310. The van der Waals surface area contributed by atoms with Crippen LogP contribution in [-0.4, -0.2) is 33.0 Å². The first kappa shape index (κ1) is 21.0. The first-order valence-electron chi connectivity index (χ1n) is 11.2. The molecule has 4 rings (SSSR count). The van der Waals surface area contributed by atoms with Crippen molar-refractivity contribution in [3.05, 3.63) is 64.7 Å². The summed E-state index contributed by atoms with van der Waals surface area (Å²) >= 11 is 0. The van der Waals surface area contributed by atoms with Crippen LogP contribution in [0.15, 0.2) is 36.4 Å². The van der Waals surface area contributed by atoms with Crippen molar-refractivity contribution >= 4 is 5.91 Å². The van der Waals surface area contributed by atoms with Crippen LogP contribution in [-0.2, 0) is 11.2 Å². The molecule has 1 N–H and O–H groups in total. The molecule has 0 bridgehead atoms. The summed E-state index contributed by atoms with van der Waals surface area (Å²) in [7, 11) is 0. The van der Waals surface area contributed by atoms with Crippen molar-refractivity contribution in [3.8, 4) is 0 Å². The molecular weight excluding hydrogens is 379 g/mol. The molecule has 1 unspecified atom stereocenters. The number of aryl methyl sites for hydroxylation is 1. The van der Waals surface area contributed by atoms with Crippen molar-refractivity contribution in [3.63, 3.8) is 0 Å². The molecule has 1 saturated heterocycles. The summed E-state index contributed by atoms with van der Waals surface area (Å²) in [5.41, 5.74) is 3.18. The molecular formula is C25H31FN2O2. The van der Waals surface area contributed by atoms with Crippen LogP contribution in [0.2, 0.25) is 0 Å². The number of halogens is 1. The van der Waals surface area contributed by atoms with Crippen LogP contribution in [0.1, 0.15) is 79.9 Å². The van der Waals surface area contributed by atoms with Crippen LogP contribution in [0, 0.1) is 12.7 Å². The van der Waals surface area contributed by atoms with Crippen LogP contribution in [0.25, 0.3) is 0 Å². The normalized spacial score (nSPS) is 21.0. The fraction of sp³-hybridized carbons (Fsp3) is 0.520. The van der Waals surface area contributed by atoms with Gasteiger partial charge in [-0.1, -0.05) is 31.4 Å². The third kappa shape index (κ3) is 4.89. The molecule has 5 heteroatoms. The van der Waals surface area contributed by atoms with Crippen LogP contribution in [0.3, 0.4) is 0 Å². The van der Waals surface area contributed by atoms with E-state index in [0.29, 0.717) is 6.42 Å². The second-order valence-electron chi connectivity index (χ2n) is 9.05. The Labute approximate surface area is 178 Å². The molecule has 30 heavy (non-hydrogen) atoms. The van der Waals surface area contributed by atoms with Crippen LogP contribution in [0.5, 0.6) is 0 Å². The first-order valence-corrected chi connectivity index (χ1v) is 11.2. The van der Waals surface area contributed by atoms with Crippen molar-refractivity contribution in [1.29, 1.82) is 0 Å². The molecule has 2 aromatic rings. The minimum Gasteiger partial charge on any atom is -0.389 e. The van der Waals surface area contributed by atoms with Gasteiger partial charge in [0.05, 0.1) is 23.8 Å². The molecule has 1 aliphatic heterocycles. The highest BCUT2D eigenvalue weighted by molar-refractivity contribution is 5.78. The quantitative estimate of drug-likeness (QED) is 0.765. The predicted octanol–water partition coefficient (Wildman–Crippen LogP) is 4.87. The monoisotopic (exact) mass is 410 g/mol. The number of likely N-dealkylation sites (tertiary alicyclic amines) is 1. The molecule has 0 radical (unpaired) electrons. The van der Waals surface area contributed by atoms with Gasteiger partial charge in [0, 0.05) is 12.2 Å². The van der Waals surface area contributed by atoms with Gasteiger partial charge in [0.25, 0.3) is 0 Å². The Kier molecular flexibility index (Phi) is 6.19. The molecule has 1 saturated carbocycles. The van der Waals surface area contributed by atoms with Gasteiger partial charge in [-0.2, -0.15) is 0 Å². The zero-order chi connectivity index (χ0) is 21.1. The molecule has 2 aliphatic rings. The number of aliphatic hydroxyl groups is 1. The highest BCUT2D eigenvalue weighted by atomic mass is 19.1. The number of hydrogen-bond donors (Lipinski definition) is 1. The summed E-state index contributed by atoms with van der Waals surface area (Å²) in [4.78, 5) is 19.8. The molecule has 4 nitrogen and oxygen atoms in total. The van der Waals surface area contributed by atoms with Crippen molar-refractivity contribution in [2.45, 2.75) is 76.4 Å². The summed E-state index contributed by atoms with van der Waals surface area (Å²) in [6, 6.07) is 10.7. The lowest BCUT2D eigenvalue weighted by atomic mass is 9.82. The lowest BCUT2D eigenvalue weighted by Crippen LogP contribution is -2.40. The molecule has 2 heterocycles. The fourth-order valence-electron chi connectivity index (χ4n) is 5.02. The Hall–Kier alpha value is -2.27. The van der Waals surface area contributed by atoms with Gasteiger partial charge in [0.2, 0.25) is 5.91 Å². The van der Waals surface area contributed by atoms with Crippen LogP contribution >= 0.6 is 0 Å².